The number of likely N-dealkylation sites (N-methyl/N-ethyl adjacent to an activating group) is 1. The molecule has 2 aliphatic rings. The molecule has 23 heavy (non-hydrogen) atoms. The topological polar surface area (TPSA) is 47.1 Å². The van der Waals surface area contributed by atoms with Gasteiger partial charge in [-0.25, -0.2) is 0 Å². The van der Waals surface area contributed by atoms with E-state index in [9.17, 15) is 9.59 Å². The lowest BCUT2D eigenvalue weighted by molar-refractivity contribution is -0.144. The number of carbonyl (C=O) groups excluding carboxylic acids is 2. The Balaban J connectivity index is 1.60. The van der Waals surface area contributed by atoms with E-state index in [1.54, 1.807) is 4.90 Å². The summed E-state index contributed by atoms with van der Waals surface area (Å²) in [6.45, 7) is 5.15. The van der Waals surface area contributed by atoms with Gasteiger partial charge in [0.25, 0.3) is 0 Å². The number of benzene rings is 1. The number of nitrogens with zero attached hydrogens (tertiary/aromatic N) is 4. The van der Waals surface area contributed by atoms with E-state index in [1.165, 1.54) is 5.69 Å². The standard InChI is InChI=1S/C17H24N4O2/c1-18-7-8-21(14-22)16(13-18)17(23)20-11-9-19(10-12-20)15-5-3-2-4-6-15/h2-6,14,16H,7-13H2,1H3. The van der Waals surface area contributed by atoms with Crippen LogP contribution in [0.1, 0.15) is 0 Å². The summed E-state index contributed by atoms with van der Waals surface area (Å²) in [5.74, 6) is 0.0800. The SMILES string of the molecule is CN1CCN(C=O)C(C(=O)N2CCN(c3ccccc3)CC2)C1. The molecule has 2 amide bonds. The van der Waals surface area contributed by atoms with Gasteiger partial charge >= 0.3 is 0 Å². The maximum absolute atomic E-state index is 12.8. The molecule has 0 radical (unpaired) electrons. The fourth-order valence-electron chi connectivity index (χ4n) is 3.31. The molecule has 2 heterocycles. The maximum atomic E-state index is 12.8. The van der Waals surface area contributed by atoms with Crippen molar-refractivity contribution < 1.29 is 9.59 Å². The van der Waals surface area contributed by atoms with Gasteiger partial charge in [-0.15, -0.1) is 0 Å². The average Bonchev–Trinajstić information content (AvgIpc) is 2.62. The van der Waals surface area contributed by atoms with Gasteiger partial charge in [0.05, 0.1) is 0 Å². The van der Waals surface area contributed by atoms with E-state index in [-0.39, 0.29) is 11.9 Å². The predicted molar refractivity (Wildman–Crippen MR) is 89.3 cm³/mol. The van der Waals surface area contributed by atoms with Crippen molar-refractivity contribution in [1.29, 1.82) is 0 Å². The Kier molecular flexibility index (Phi) is 4.81. The summed E-state index contributed by atoms with van der Waals surface area (Å²) in [4.78, 5) is 32.0. The van der Waals surface area contributed by atoms with Crippen LogP contribution in [0, 0.1) is 0 Å². The molecule has 124 valence electrons. The van der Waals surface area contributed by atoms with Crippen molar-refractivity contribution in [2.24, 2.45) is 0 Å². The fourth-order valence-corrected chi connectivity index (χ4v) is 3.31. The van der Waals surface area contributed by atoms with Gasteiger partial charge in [-0.3, -0.25) is 9.59 Å². The first-order valence-corrected chi connectivity index (χ1v) is 8.17. The molecular formula is C17H24N4O2. The summed E-state index contributed by atoms with van der Waals surface area (Å²) < 4.78 is 0. The van der Waals surface area contributed by atoms with Crippen molar-refractivity contribution in [2.45, 2.75) is 6.04 Å². The van der Waals surface area contributed by atoms with Crippen LogP contribution in [-0.2, 0) is 9.59 Å². The number of para-hydroxylation sites is 1. The second-order valence-electron chi connectivity index (χ2n) is 6.27. The number of amides is 2. The third kappa shape index (κ3) is 3.47. The zero-order chi connectivity index (χ0) is 16.2. The van der Waals surface area contributed by atoms with E-state index in [4.69, 9.17) is 0 Å². The Hall–Kier alpha value is -2.08. The Morgan fingerprint density at radius 2 is 1.74 bits per heavy atom. The quantitative estimate of drug-likeness (QED) is 0.743. The zero-order valence-corrected chi connectivity index (χ0v) is 13.6. The van der Waals surface area contributed by atoms with Gasteiger partial charge in [-0.2, -0.15) is 0 Å². The van der Waals surface area contributed by atoms with Gasteiger partial charge < -0.3 is 19.6 Å². The molecule has 0 N–H and O–H groups in total. The average molecular weight is 316 g/mol. The van der Waals surface area contributed by atoms with Crippen LogP contribution in [-0.4, -0.2) is 85.9 Å². The minimum absolute atomic E-state index is 0.0800. The summed E-state index contributed by atoms with van der Waals surface area (Å²) in [5.41, 5.74) is 1.20. The second kappa shape index (κ2) is 7.00. The lowest BCUT2D eigenvalue weighted by Gasteiger charge is -2.42. The van der Waals surface area contributed by atoms with Crippen molar-refractivity contribution in [1.82, 2.24) is 14.7 Å². The molecule has 0 aromatic heterocycles. The van der Waals surface area contributed by atoms with E-state index in [1.807, 2.05) is 30.1 Å². The summed E-state index contributed by atoms with van der Waals surface area (Å²) in [6.07, 6.45) is 0.815. The third-order valence-corrected chi connectivity index (χ3v) is 4.76. The number of hydrogen-bond acceptors (Lipinski definition) is 4. The zero-order valence-electron chi connectivity index (χ0n) is 13.6. The number of rotatable bonds is 3. The van der Waals surface area contributed by atoms with E-state index in [0.717, 1.165) is 26.0 Å². The van der Waals surface area contributed by atoms with Gasteiger partial charge in [0.15, 0.2) is 0 Å². The Bertz CT molecular complexity index is 543. The van der Waals surface area contributed by atoms with Crippen LogP contribution in [0.3, 0.4) is 0 Å². The van der Waals surface area contributed by atoms with E-state index in [2.05, 4.69) is 21.9 Å². The van der Waals surface area contributed by atoms with Crippen LogP contribution in [0.25, 0.3) is 0 Å². The van der Waals surface area contributed by atoms with Crippen LogP contribution in [0.5, 0.6) is 0 Å². The lowest BCUT2D eigenvalue weighted by atomic mass is 10.1. The first-order chi connectivity index (χ1) is 11.2. The predicted octanol–water partition coefficient (Wildman–Crippen LogP) is 0.108. The van der Waals surface area contributed by atoms with Crippen molar-refractivity contribution in [3.63, 3.8) is 0 Å². The summed E-state index contributed by atoms with van der Waals surface area (Å²) in [7, 11) is 2.00. The van der Waals surface area contributed by atoms with Gasteiger partial charge in [0.1, 0.15) is 6.04 Å². The molecule has 6 heteroatoms. The maximum Gasteiger partial charge on any atom is 0.246 e. The first-order valence-electron chi connectivity index (χ1n) is 8.17. The minimum Gasteiger partial charge on any atom is -0.368 e. The molecule has 1 aromatic rings. The molecule has 3 rings (SSSR count). The number of anilines is 1. The number of carbonyl (C=O) groups is 2. The Labute approximate surface area is 137 Å². The molecule has 0 saturated carbocycles. The van der Waals surface area contributed by atoms with Gasteiger partial charge in [-0.1, -0.05) is 18.2 Å². The van der Waals surface area contributed by atoms with Crippen LogP contribution in [0.15, 0.2) is 30.3 Å². The molecule has 1 unspecified atom stereocenters. The van der Waals surface area contributed by atoms with Crippen LogP contribution in [0.2, 0.25) is 0 Å². The van der Waals surface area contributed by atoms with E-state index >= 15 is 0 Å². The van der Waals surface area contributed by atoms with E-state index < -0.39 is 0 Å². The van der Waals surface area contributed by atoms with Gasteiger partial charge in [0, 0.05) is 51.5 Å². The first kappa shape index (κ1) is 15.8. The molecular weight excluding hydrogens is 292 g/mol. The fraction of sp³-hybridized carbons (Fsp3) is 0.529. The summed E-state index contributed by atoms with van der Waals surface area (Å²) >= 11 is 0. The summed E-state index contributed by atoms with van der Waals surface area (Å²) in [5, 5.41) is 0. The Morgan fingerprint density at radius 1 is 1.04 bits per heavy atom. The van der Waals surface area contributed by atoms with Crippen molar-refractivity contribution in [3.05, 3.63) is 30.3 Å². The highest BCUT2D eigenvalue weighted by Gasteiger charge is 2.34. The largest absolute Gasteiger partial charge is 0.368 e. The highest BCUT2D eigenvalue weighted by atomic mass is 16.2. The molecule has 2 fully saturated rings. The van der Waals surface area contributed by atoms with E-state index in [0.29, 0.717) is 26.2 Å². The molecule has 1 aromatic carbocycles. The molecule has 0 bridgehead atoms. The normalized spacial score (nSPS) is 23.0. The van der Waals surface area contributed by atoms with Crippen molar-refractivity contribution in [2.75, 3.05) is 57.8 Å². The monoisotopic (exact) mass is 316 g/mol. The highest BCUT2D eigenvalue weighted by molar-refractivity contribution is 5.84. The summed E-state index contributed by atoms with van der Waals surface area (Å²) in [6, 6.07) is 9.94. The van der Waals surface area contributed by atoms with Crippen LogP contribution < -0.4 is 4.90 Å². The van der Waals surface area contributed by atoms with Crippen LogP contribution in [0.4, 0.5) is 5.69 Å². The van der Waals surface area contributed by atoms with Gasteiger partial charge in [0.2, 0.25) is 12.3 Å². The third-order valence-electron chi connectivity index (χ3n) is 4.76. The highest BCUT2D eigenvalue weighted by Crippen LogP contribution is 2.17. The molecule has 0 aliphatic carbocycles. The number of piperazine rings is 2. The molecule has 2 aliphatic heterocycles. The number of hydrogen-bond donors (Lipinski definition) is 0. The second-order valence-corrected chi connectivity index (χ2v) is 6.27. The lowest BCUT2D eigenvalue weighted by Crippen LogP contribution is -2.60. The Morgan fingerprint density at radius 3 is 2.39 bits per heavy atom. The smallest absolute Gasteiger partial charge is 0.246 e. The molecule has 1 atom stereocenters. The minimum atomic E-state index is -0.338. The van der Waals surface area contributed by atoms with Crippen LogP contribution >= 0.6 is 0 Å². The molecule has 2 saturated heterocycles. The van der Waals surface area contributed by atoms with Crippen molar-refractivity contribution in [3.8, 4) is 0 Å². The van der Waals surface area contributed by atoms with Gasteiger partial charge in [-0.05, 0) is 19.2 Å². The molecule has 0 spiro atoms. The van der Waals surface area contributed by atoms with Crippen molar-refractivity contribution >= 4 is 18.0 Å². The molecule has 6 nitrogen and oxygen atoms in total.